The van der Waals surface area contributed by atoms with Gasteiger partial charge in [-0.1, -0.05) is 52.3 Å². The van der Waals surface area contributed by atoms with Crippen LogP contribution in [0, 0.1) is 0 Å². The van der Waals surface area contributed by atoms with Crippen molar-refractivity contribution in [2.75, 3.05) is 0 Å². The lowest BCUT2D eigenvalue weighted by atomic mass is 10.0. The first-order valence-corrected chi connectivity index (χ1v) is 7.96. The molecule has 3 nitrogen and oxygen atoms in total. The summed E-state index contributed by atoms with van der Waals surface area (Å²) in [6, 6.07) is 16.6. The fourth-order valence-corrected chi connectivity index (χ4v) is 2.59. The molecule has 1 amide bonds. The molecule has 0 aliphatic carbocycles. The molecule has 0 aromatic heterocycles. The van der Waals surface area contributed by atoms with Crippen molar-refractivity contribution in [2.24, 2.45) is 0 Å². The molecule has 0 saturated carbocycles. The Morgan fingerprint density at radius 2 is 1.91 bits per heavy atom. The van der Waals surface area contributed by atoms with Crippen LogP contribution in [0.5, 0.6) is 0 Å². The quantitative estimate of drug-likeness (QED) is 0.820. The van der Waals surface area contributed by atoms with Gasteiger partial charge in [-0.2, -0.15) is 0 Å². The minimum atomic E-state index is -0.574. The summed E-state index contributed by atoms with van der Waals surface area (Å²) in [7, 11) is 0. The highest BCUT2D eigenvalue weighted by Crippen LogP contribution is 2.12. The van der Waals surface area contributed by atoms with Crippen LogP contribution in [0.4, 0.5) is 0 Å². The van der Waals surface area contributed by atoms with Gasteiger partial charge in [0.15, 0.2) is 0 Å². The zero-order valence-electron chi connectivity index (χ0n) is 12.1. The normalized spacial score (nSPS) is 11.7. The van der Waals surface area contributed by atoms with E-state index in [0.29, 0.717) is 12.0 Å². The van der Waals surface area contributed by atoms with E-state index in [1.165, 1.54) is 5.56 Å². The number of carbonyl (C=O) groups excluding carboxylic acids is 2. The van der Waals surface area contributed by atoms with E-state index in [1.807, 2.05) is 30.6 Å². The largest absolute Gasteiger partial charge is 0.342 e. The number of benzene rings is 2. The SMILES string of the molecule is O=[C][C@@H](CCCc1ccccc1)NC(=O)c1cccc(Br)c1. The van der Waals surface area contributed by atoms with Gasteiger partial charge in [-0.25, -0.2) is 0 Å². The molecule has 1 radical (unpaired) electrons. The summed E-state index contributed by atoms with van der Waals surface area (Å²) in [5.74, 6) is -0.255. The molecule has 2 rings (SSSR count). The second kappa shape index (κ2) is 8.49. The van der Waals surface area contributed by atoms with Gasteiger partial charge in [0, 0.05) is 10.0 Å². The highest BCUT2D eigenvalue weighted by atomic mass is 79.9. The van der Waals surface area contributed by atoms with Crippen molar-refractivity contribution in [3.63, 3.8) is 0 Å². The maximum absolute atomic E-state index is 12.1. The Bertz CT molecular complexity index is 628. The van der Waals surface area contributed by atoms with Gasteiger partial charge in [0.1, 0.15) is 0 Å². The monoisotopic (exact) mass is 358 g/mol. The minimum absolute atomic E-state index is 0.255. The first-order chi connectivity index (χ1) is 10.7. The Balaban J connectivity index is 1.84. The Labute approximate surface area is 138 Å². The van der Waals surface area contributed by atoms with E-state index >= 15 is 0 Å². The summed E-state index contributed by atoms with van der Waals surface area (Å²) >= 11 is 3.32. The zero-order valence-corrected chi connectivity index (χ0v) is 13.7. The maximum Gasteiger partial charge on any atom is 0.251 e. The van der Waals surface area contributed by atoms with Crippen LogP contribution < -0.4 is 5.32 Å². The Morgan fingerprint density at radius 3 is 2.59 bits per heavy atom. The van der Waals surface area contributed by atoms with E-state index < -0.39 is 6.04 Å². The molecule has 0 heterocycles. The Morgan fingerprint density at radius 1 is 1.14 bits per heavy atom. The lowest BCUT2D eigenvalue weighted by molar-refractivity contribution is 0.0944. The highest BCUT2D eigenvalue weighted by Gasteiger charge is 2.13. The molecule has 0 unspecified atom stereocenters. The standard InChI is InChI=1S/C18H17BrNO2/c19-16-10-5-9-15(12-16)18(22)20-17(13-21)11-4-8-14-6-2-1-3-7-14/h1-3,5-7,9-10,12,17H,4,8,11H2,(H,20,22)/t17-/m1/s1. The average molecular weight is 359 g/mol. The smallest absolute Gasteiger partial charge is 0.251 e. The molecule has 0 fully saturated rings. The molecule has 4 heteroatoms. The second-order valence-corrected chi connectivity index (χ2v) is 5.95. The number of halogens is 1. The van der Waals surface area contributed by atoms with E-state index in [4.69, 9.17) is 0 Å². The van der Waals surface area contributed by atoms with Crippen molar-refractivity contribution in [1.82, 2.24) is 5.32 Å². The first kappa shape index (κ1) is 16.4. The third-order valence-corrected chi connectivity index (χ3v) is 3.83. The summed E-state index contributed by atoms with van der Waals surface area (Å²) in [4.78, 5) is 23.1. The lowest BCUT2D eigenvalue weighted by Gasteiger charge is -2.12. The number of hydrogen-bond acceptors (Lipinski definition) is 2. The predicted molar refractivity (Wildman–Crippen MR) is 90.5 cm³/mol. The van der Waals surface area contributed by atoms with E-state index in [-0.39, 0.29) is 5.91 Å². The van der Waals surface area contributed by atoms with Crippen LogP contribution in [0.15, 0.2) is 59.1 Å². The summed E-state index contributed by atoms with van der Waals surface area (Å²) < 4.78 is 0.830. The highest BCUT2D eigenvalue weighted by molar-refractivity contribution is 9.10. The maximum atomic E-state index is 12.1. The number of rotatable bonds is 7. The molecule has 2 aromatic carbocycles. The van der Waals surface area contributed by atoms with Crippen LogP contribution in [0.25, 0.3) is 0 Å². The van der Waals surface area contributed by atoms with Gasteiger partial charge in [-0.3, -0.25) is 9.59 Å². The van der Waals surface area contributed by atoms with Crippen LogP contribution in [0.1, 0.15) is 28.8 Å². The molecule has 113 valence electrons. The summed E-state index contributed by atoms with van der Waals surface area (Å²) in [6.07, 6.45) is 4.19. The Hall–Kier alpha value is -1.94. The third-order valence-electron chi connectivity index (χ3n) is 3.34. The predicted octanol–water partition coefficient (Wildman–Crippen LogP) is 3.68. The molecule has 1 N–H and O–H groups in total. The van der Waals surface area contributed by atoms with Gasteiger partial charge < -0.3 is 5.32 Å². The van der Waals surface area contributed by atoms with Crippen molar-refractivity contribution < 1.29 is 9.59 Å². The van der Waals surface area contributed by atoms with E-state index in [9.17, 15) is 9.59 Å². The number of amides is 1. The molecule has 0 saturated heterocycles. The van der Waals surface area contributed by atoms with Gasteiger partial charge in [-0.15, -0.1) is 0 Å². The topological polar surface area (TPSA) is 46.2 Å². The second-order valence-electron chi connectivity index (χ2n) is 5.03. The van der Waals surface area contributed by atoms with E-state index in [2.05, 4.69) is 33.4 Å². The molecule has 2 aromatic rings. The van der Waals surface area contributed by atoms with Crippen LogP contribution in [0.2, 0.25) is 0 Å². The van der Waals surface area contributed by atoms with Gasteiger partial charge in [0.25, 0.3) is 5.91 Å². The first-order valence-electron chi connectivity index (χ1n) is 7.17. The summed E-state index contributed by atoms with van der Waals surface area (Å²) in [5, 5.41) is 2.71. The molecule has 0 aliphatic rings. The fraction of sp³-hybridized carbons (Fsp3) is 0.222. The van der Waals surface area contributed by atoms with Gasteiger partial charge in [0.05, 0.1) is 6.04 Å². The molecular weight excluding hydrogens is 342 g/mol. The van der Waals surface area contributed by atoms with Gasteiger partial charge >= 0.3 is 0 Å². The van der Waals surface area contributed by atoms with Crippen LogP contribution in [-0.4, -0.2) is 18.2 Å². The average Bonchev–Trinajstić information content (AvgIpc) is 2.54. The van der Waals surface area contributed by atoms with Crippen molar-refractivity contribution in [3.8, 4) is 0 Å². The number of hydrogen-bond donors (Lipinski definition) is 1. The molecule has 0 aliphatic heterocycles. The van der Waals surface area contributed by atoms with Crippen molar-refractivity contribution >= 4 is 28.1 Å². The lowest BCUT2D eigenvalue weighted by Crippen LogP contribution is -2.36. The molecular formula is C18H17BrNO2. The Kier molecular flexibility index (Phi) is 6.34. The molecule has 0 spiro atoms. The van der Waals surface area contributed by atoms with Gasteiger partial charge in [0.2, 0.25) is 6.29 Å². The third kappa shape index (κ3) is 5.11. The van der Waals surface area contributed by atoms with Crippen molar-refractivity contribution in [2.45, 2.75) is 25.3 Å². The van der Waals surface area contributed by atoms with Crippen LogP contribution in [0.3, 0.4) is 0 Å². The van der Waals surface area contributed by atoms with E-state index in [0.717, 1.165) is 17.3 Å². The van der Waals surface area contributed by atoms with Crippen molar-refractivity contribution in [3.05, 3.63) is 70.2 Å². The van der Waals surface area contributed by atoms with Crippen LogP contribution in [-0.2, 0) is 11.2 Å². The van der Waals surface area contributed by atoms with Gasteiger partial charge in [-0.05, 0) is 43.0 Å². The summed E-state index contributed by atoms with van der Waals surface area (Å²) in [5.41, 5.74) is 1.75. The van der Waals surface area contributed by atoms with E-state index in [1.54, 1.807) is 18.2 Å². The molecule has 22 heavy (non-hydrogen) atoms. The molecule has 0 bridgehead atoms. The summed E-state index contributed by atoms with van der Waals surface area (Å²) in [6.45, 7) is 0. The zero-order chi connectivity index (χ0) is 15.8. The molecule has 1 atom stereocenters. The number of nitrogens with one attached hydrogen (secondary N) is 1. The fourth-order valence-electron chi connectivity index (χ4n) is 2.19. The van der Waals surface area contributed by atoms with Crippen molar-refractivity contribution in [1.29, 1.82) is 0 Å². The van der Waals surface area contributed by atoms with Crippen LogP contribution >= 0.6 is 15.9 Å². The number of carbonyl (C=O) groups is 1. The minimum Gasteiger partial charge on any atom is -0.342 e. The number of aryl methyl sites for hydroxylation is 1.